The number of nitrogens with one attached hydrogen (secondary N) is 1. The third kappa shape index (κ3) is 3.25. The lowest BCUT2D eigenvalue weighted by Crippen LogP contribution is -2.17. The molecule has 0 amide bonds. The largest absolute Gasteiger partial charge is 0.478 e. The number of fused-ring (bicyclic) bond motifs is 1. The fourth-order valence-corrected chi connectivity index (χ4v) is 1.72. The highest BCUT2D eigenvalue weighted by molar-refractivity contribution is 5.87. The lowest BCUT2D eigenvalue weighted by molar-refractivity contribution is 0.396. The predicted molar refractivity (Wildman–Crippen MR) is 73.3 cm³/mol. The minimum Gasteiger partial charge on any atom is -0.478 e. The summed E-state index contributed by atoms with van der Waals surface area (Å²) in [6.07, 6.45) is 4.26. The Bertz CT molecular complexity index is 545. The molecule has 2 aromatic rings. The van der Waals surface area contributed by atoms with Crippen molar-refractivity contribution < 1.29 is 4.74 Å². The number of anilines is 1. The minimum atomic E-state index is 0.391. The number of nitrogens with zero attached hydrogens (tertiary/aromatic N) is 5. The van der Waals surface area contributed by atoms with Crippen molar-refractivity contribution in [2.45, 2.75) is 6.42 Å². The second-order valence-corrected chi connectivity index (χ2v) is 4.40. The van der Waals surface area contributed by atoms with Gasteiger partial charge in [-0.25, -0.2) is 9.97 Å². The number of rotatable bonds is 6. The number of hydrogen-bond donors (Lipinski definition) is 1. The Hall–Kier alpha value is -2.02. The molecule has 0 unspecified atom stereocenters. The third-order valence-corrected chi connectivity index (χ3v) is 2.63. The van der Waals surface area contributed by atoms with Crippen molar-refractivity contribution in [3.63, 3.8) is 0 Å². The summed E-state index contributed by atoms with van der Waals surface area (Å²) >= 11 is 0. The third-order valence-electron chi connectivity index (χ3n) is 2.63. The van der Waals surface area contributed by atoms with E-state index in [-0.39, 0.29) is 0 Å². The van der Waals surface area contributed by atoms with Gasteiger partial charge in [0.25, 0.3) is 5.88 Å². The van der Waals surface area contributed by atoms with Crippen LogP contribution >= 0.6 is 0 Å². The van der Waals surface area contributed by atoms with E-state index in [9.17, 15) is 0 Å². The maximum Gasteiger partial charge on any atom is 0.261 e. The average molecular weight is 262 g/mol. The van der Waals surface area contributed by atoms with Crippen LogP contribution in [0.2, 0.25) is 0 Å². The van der Waals surface area contributed by atoms with Gasteiger partial charge in [0.05, 0.1) is 7.11 Å². The smallest absolute Gasteiger partial charge is 0.261 e. The molecule has 2 rings (SSSR count). The highest BCUT2D eigenvalue weighted by Crippen LogP contribution is 2.22. The zero-order chi connectivity index (χ0) is 13.7. The topological polar surface area (TPSA) is 76.1 Å². The summed E-state index contributed by atoms with van der Waals surface area (Å²) in [5.74, 6) is 1.03. The molecule has 0 bridgehead atoms. The van der Waals surface area contributed by atoms with E-state index >= 15 is 0 Å². The van der Waals surface area contributed by atoms with E-state index in [0.29, 0.717) is 22.7 Å². The van der Waals surface area contributed by atoms with Gasteiger partial charge in [0.2, 0.25) is 0 Å². The molecule has 102 valence electrons. The summed E-state index contributed by atoms with van der Waals surface area (Å²) in [6.45, 7) is 1.82. The van der Waals surface area contributed by atoms with E-state index in [1.54, 1.807) is 19.5 Å². The molecule has 0 radical (unpaired) electrons. The first-order chi connectivity index (χ1) is 9.22. The zero-order valence-corrected chi connectivity index (χ0v) is 11.4. The van der Waals surface area contributed by atoms with Gasteiger partial charge in [-0.05, 0) is 27.1 Å². The molecule has 0 aliphatic rings. The minimum absolute atomic E-state index is 0.391. The van der Waals surface area contributed by atoms with E-state index in [1.165, 1.54) is 0 Å². The Balaban J connectivity index is 2.15. The normalized spacial score (nSPS) is 10.9. The Labute approximate surface area is 112 Å². The molecule has 0 aliphatic heterocycles. The van der Waals surface area contributed by atoms with Crippen molar-refractivity contribution in [3.8, 4) is 5.88 Å². The van der Waals surface area contributed by atoms with Crippen LogP contribution in [0.25, 0.3) is 11.0 Å². The Morgan fingerprint density at radius 1 is 1.16 bits per heavy atom. The first-order valence-corrected chi connectivity index (χ1v) is 6.12. The predicted octanol–water partition coefficient (Wildman–Crippen LogP) is 0.792. The van der Waals surface area contributed by atoms with Crippen LogP contribution in [0.3, 0.4) is 0 Å². The van der Waals surface area contributed by atoms with Crippen LogP contribution in [0.15, 0.2) is 12.4 Å². The lowest BCUT2D eigenvalue weighted by Gasteiger charge is -2.11. The maximum absolute atomic E-state index is 5.13. The molecule has 7 heteroatoms. The van der Waals surface area contributed by atoms with Crippen molar-refractivity contribution in [3.05, 3.63) is 12.4 Å². The fraction of sp³-hybridized carbons (Fsp3) is 0.500. The molecular weight excluding hydrogens is 244 g/mol. The van der Waals surface area contributed by atoms with Crippen LogP contribution in [0, 0.1) is 0 Å². The second kappa shape index (κ2) is 6.24. The van der Waals surface area contributed by atoms with Crippen LogP contribution in [0.1, 0.15) is 6.42 Å². The van der Waals surface area contributed by atoms with Crippen LogP contribution < -0.4 is 10.1 Å². The summed E-state index contributed by atoms with van der Waals surface area (Å²) in [6, 6.07) is 0. The van der Waals surface area contributed by atoms with Gasteiger partial charge in [-0.3, -0.25) is 0 Å². The van der Waals surface area contributed by atoms with Gasteiger partial charge in [0, 0.05) is 18.9 Å². The molecule has 0 saturated carbocycles. The second-order valence-electron chi connectivity index (χ2n) is 4.40. The molecule has 0 aromatic carbocycles. The Morgan fingerprint density at radius 3 is 2.58 bits per heavy atom. The summed E-state index contributed by atoms with van der Waals surface area (Å²) in [5.41, 5.74) is 1.30. The summed E-state index contributed by atoms with van der Waals surface area (Å²) in [5, 5.41) is 11.3. The first kappa shape index (κ1) is 13.4. The first-order valence-electron chi connectivity index (χ1n) is 6.12. The van der Waals surface area contributed by atoms with Crippen molar-refractivity contribution in [1.29, 1.82) is 0 Å². The molecule has 1 N–H and O–H groups in total. The van der Waals surface area contributed by atoms with E-state index in [4.69, 9.17) is 4.74 Å². The van der Waals surface area contributed by atoms with Gasteiger partial charge in [0.1, 0.15) is 5.52 Å². The van der Waals surface area contributed by atoms with E-state index in [1.807, 2.05) is 14.1 Å². The highest BCUT2D eigenvalue weighted by Gasteiger charge is 2.11. The molecule has 0 aliphatic carbocycles. The summed E-state index contributed by atoms with van der Waals surface area (Å²) in [7, 11) is 5.64. The van der Waals surface area contributed by atoms with Gasteiger partial charge in [-0.15, -0.1) is 10.2 Å². The molecule has 19 heavy (non-hydrogen) atoms. The van der Waals surface area contributed by atoms with Gasteiger partial charge in [-0.1, -0.05) is 0 Å². The van der Waals surface area contributed by atoms with Gasteiger partial charge in [0.15, 0.2) is 11.3 Å². The Morgan fingerprint density at radius 2 is 1.89 bits per heavy atom. The number of aromatic nitrogens is 4. The van der Waals surface area contributed by atoms with E-state index < -0.39 is 0 Å². The maximum atomic E-state index is 5.13. The SMILES string of the molecule is COc1nnc(NCCCN(C)C)c2nccnc12. The van der Waals surface area contributed by atoms with Crippen molar-refractivity contribution >= 4 is 16.9 Å². The quantitative estimate of drug-likeness (QED) is 0.771. The van der Waals surface area contributed by atoms with Crippen LogP contribution in [-0.2, 0) is 0 Å². The molecule has 0 fully saturated rings. The monoisotopic (exact) mass is 262 g/mol. The molecule has 7 nitrogen and oxygen atoms in total. The fourth-order valence-electron chi connectivity index (χ4n) is 1.72. The average Bonchev–Trinajstić information content (AvgIpc) is 2.43. The Kier molecular flexibility index (Phi) is 4.40. The van der Waals surface area contributed by atoms with Gasteiger partial charge < -0.3 is 15.0 Å². The molecule has 0 spiro atoms. The zero-order valence-electron chi connectivity index (χ0n) is 11.4. The van der Waals surface area contributed by atoms with Crippen molar-refractivity contribution in [2.75, 3.05) is 39.6 Å². The number of methoxy groups -OCH3 is 1. The van der Waals surface area contributed by atoms with Crippen molar-refractivity contribution in [2.24, 2.45) is 0 Å². The van der Waals surface area contributed by atoms with Gasteiger partial charge >= 0.3 is 0 Å². The molecule has 2 aromatic heterocycles. The molecule has 0 atom stereocenters. The summed E-state index contributed by atoms with van der Waals surface area (Å²) < 4.78 is 5.13. The van der Waals surface area contributed by atoms with Crippen LogP contribution in [0.4, 0.5) is 5.82 Å². The molecular formula is C12H18N6O. The number of ether oxygens (including phenoxy) is 1. The van der Waals surface area contributed by atoms with Gasteiger partial charge in [-0.2, -0.15) is 0 Å². The molecule has 0 saturated heterocycles. The number of hydrogen-bond acceptors (Lipinski definition) is 7. The summed E-state index contributed by atoms with van der Waals surface area (Å²) in [4.78, 5) is 10.7. The van der Waals surface area contributed by atoms with Crippen molar-refractivity contribution in [1.82, 2.24) is 25.1 Å². The van der Waals surface area contributed by atoms with Crippen LogP contribution in [-0.4, -0.2) is 59.4 Å². The molecule has 2 heterocycles. The van der Waals surface area contributed by atoms with Crippen LogP contribution in [0.5, 0.6) is 5.88 Å². The highest BCUT2D eigenvalue weighted by atomic mass is 16.5. The standard InChI is InChI=1S/C12H18N6O/c1-18(2)8-4-5-15-11-9-10(14-7-6-13-9)12(19-3)17-16-11/h6-7H,4-5,8H2,1-3H3,(H,15,16). The van der Waals surface area contributed by atoms with E-state index in [0.717, 1.165) is 19.5 Å². The van der Waals surface area contributed by atoms with E-state index in [2.05, 4.69) is 30.4 Å². The lowest BCUT2D eigenvalue weighted by atomic mass is 10.3.